The van der Waals surface area contributed by atoms with Crippen LogP contribution in [0.25, 0.3) is 0 Å². The van der Waals surface area contributed by atoms with Crippen LogP contribution in [0.1, 0.15) is 81.9 Å². The number of nitrogens with zero attached hydrogens (tertiary/aromatic N) is 2. The SMILES string of the molecule is CCCCC(C)N(C)CCNCCc1ccc(O)c(NC)c1OCC=O.CCN1CCC(c2cc(CCOCCC=O)ccc2O)CC1. The van der Waals surface area contributed by atoms with E-state index in [9.17, 15) is 19.8 Å². The summed E-state index contributed by atoms with van der Waals surface area (Å²) in [5.41, 5.74) is 3.76. The minimum Gasteiger partial charge on any atom is -0.508 e. The Labute approximate surface area is 289 Å². The van der Waals surface area contributed by atoms with E-state index in [0.29, 0.717) is 55.1 Å². The molecule has 2 aromatic carbocycles. The smallest absolute Gasteiger partial charge is 0.157 e. The van der Waals surface area contributed by atoms with Crippen LogP contribution < -0.4 is 15.4 Å². The summed E-state index contributed by atoms with van der Waals surface area (Å²) in [5.74, 6) is 1.54. The molecule has 1 heterocycles. The molecule has 1 saturated heterocycles. The van der Waals surface area contributed by atoms with Gasteiger partial charge >= 0.3 is 0 Å². The largest absolute Gasteiger partial charge is 0.508 e. The summed E-state index contributed by atoms with van der Waals surface area (Å²) in [6.07, 6.45) is 9.60. The summed E-state index contributed by atoms with van der Waals surface area (Å²) in [6.45, 7) is 13.9. The lowest BCUT2D eigenvalue weighted by Crippen LogP contribution is -2.35. The van der Waals surface area contributed by atoms with Gasteiger partial charge in [0.15, 0.2) is 6.29 Å². The van der Waals surface area contributed by atoms with Crippen molar-refractivity contribution >= 4 is 18.3 Å². The van der Waals surface area contributed by atoms with E-state index in [2.05, 4.69) is 54.3 Å². The molecule has 0 spiro atoms. The first-order chi connectivity index (χ1) is 23.3. The summed E-state index contributed by atoms with van der Waals surface area (Å²) in [4.78, 5) is 25.7. The van der Waals surface area contributed by atoms with E-state index in [0.717, 1.165) is 82.4 Å². The normalized spacial score (nSPS) is 14.3. The first-order valence-electron chi connectivity index (χ1n) is 17.8. The number of phenols is 2. The second kappa shape index (κ2) is 24.0. The van der Waals surface area contributed by atoms with Crippen LogP contribution in [0.5, 0.6) is 17.2 Å². The molecule has 10 nitrogen and oxygen atoms in total. The lowest BCUT2D eigenvalue weighted by atomic mass is 9.87. The molecule has 0 bridgehead atoms. The predicted octanol–water partition coefficient (Wildman–Crippen LogP) is 5.39. The Hall–Kier alpha value is -3.18. The zero-order valence-electron chi connectivity index (χ0n) is 30.1. The van der Waals surface area contributed by atoms with Gasteiger partial charge in [-0.2, -0.15) is 0 Å². The molecule has 1 unspecified atom stereocenters. The number of aldehydes is 2. The fourth-order valence-corrected chi connectivity index (χ4v) is 5.95. The molecule has 10 heteroatoms. The Bertz CT molecular complexity index is 1190. The van der Waals surface area contributed by atoms with E-state index in [1.54, 1.807) is 13.1 Å². The number of carbonyl (C=O) groups is 2. The average Bonchev–Trinajstić information content (AvgIpc) is 3.10. The number of likely N-dealkylation sites (tertiary alicyclic amines) is 1. The van der Waals surface area contributed by atoms with Crippen molar-refractivity contribution in [2.75, 3.05) is 78.5 Å². The maximum Gasteiger partial charge on any atom is 0.157 e. The minimum atomic E-state index is -0.0288. The van der Waals surface area contributed by atoms with Crippen LogP contribution in [0, 0.1) is 0 Å². The van der Waals surface area contributed by atoms with Crippen molar-refractivity contribution in [1.29, 1.82) is 0 Å². The van der Waals surface area contributed by atoms with Gasteiger partial charge in [0.2, 0.25) is 0 Å². The van der Waals surface area contributed by atoms with Crippen molar-refractivity contribution < 1.29 is 29.3 Å². The van der Waals surface area contributed by atoms with Crippen molar-refractivity contribution in [2.45, 2.75) is 84.1 Å². The van der Waals surface area contributed by atoms with E-state index in [-0.39, 0.29) is 12.4 Å². The molecule has 2 aromatic rings. The molecule has 1 fully saturated rings. The van der Waals surface area contributed by atoms with Crippen LogP contribution in [0.3, 0.4) is 0 Å². The molecule has 0 radical (unpaired) electrons. The number of rotatable bonds is 22. The second-order valence-corrected chi connectivity index (χ2v) is 12.6. The Morgan fingerprint density at radius 1 is 1.02 bits per heavy atom. The highest BCUT2D eigenvalue weighted by Gasteiger charge is 2.22. The number of benzene rings is 2. The van der Waals surface area contributed by atoms with Crippen LogP contribution in [-0.4, -0.2) is 112 Å². The van der Waals surface area contributed by atoms with Gasteiger partial charge in [0, 0.05) is 32.6 Å². The number of hydrogen-bond donors (Lipinski definition) is 4. The lowest BCUT2D eigenvalue weighted by Gasteiger charge is -2.31. The fourth-order valence-electron chi connectivity index (χ4n) is 5.95. The highest BCUT2D eigenvalue weighted by atomic mass is 16.5. The number of likely N-dealkylation sites (N-methyl/N-ethyl adjacent to an activating group) is 1. The first-order valence-corrected chi connectivity index (χ1v) is 17.8. The molecule has 270 valence electrons. The molecular formula is C38H62N4O6. The zero-order valence-corrected chi connectivity index (χ0v) is 30.1. The van der Waals surface area contributed by atoms with Crippen molar-refractivity contribution in [3.05, 3.63) is 47.0 Å². The van der Waals surface area contributed by atoms with Gasteiger partial charge in [-0.1, -0.05) is 44.9 Å². The summed E-state index contributed by atoms with van der Waals surface area (Å²) in [5, 5.41) is 26.5. The van der Waals surface area contributed by atoms with Gasteiger partial charge in [0.25, 0.3) is 0 Å². The van der Waals surface area contributed by atoms with E-state index in [4.69, 9.17) is 9.47 Å². The summed E-state index contributed by atoms with van der Waals surface area (Å²) >= 11 is 0. The summed E-state index contributed by atoms with van der Waals surface area (Å²) in [6, 6.07) is 10.0. The number of ether oxygens (including phenoxy) is 2. The number of aromatic hydroxyl groups is 2. The maximum absolute atomic E-state index is 10.6. The molecular weight excluding hydrogens is 608 g/mol. The zero-order chi connectivity index (χ0) is 35.1. The minimum absolute atomic E-state index is 0.0288. The monoisotopic (exact) mass is 670 g/mol. The van der Waals surface area contributed by atoms with E-state index >= 15 is 0 Å². The molecule has 0 aliphatic carbocycles. The van der Waals surface area contributed by atoms with Crippen LogP contribution in [0.2, 0.25) is 0 Å². The van der Waals surface area contributed by atoms with Crippen molar-refractivity contribution in [2.24, 2.45) is 0 Å². The van der Waals surface area contributed by atoms with Crippen molar-refractivity contribution in [3.63, 3.8) is 0 Å². The quantitative estimate of drug-likeness (QED) is 0.0737. The van der Waals surface area contributed by atoms with Crippen LogP contribution in [0.15, 0.2) is 30.3 Å². The Morgan fingerprint density at radius 2 is 1.77 bits per heavy atom. The standard InChI is InChI=1S/C20H35N3O3.C18H27NO3/c1-5-6-7-16(2)23(4)13-12-22-11-10-17-8-9-18(25)19(21-3)20(17)26-15-14-24;1-2-19-9-6-16(7-10-19)17-14-15(4-5-18(17)21)8-13-22-12-3-11-20/h8-9,14,16,21-22,25H,5-7,10-13,15H2,1-4H3;4-5,11,14,16,21H,2-3,6-10,12-13H2,1H3. The van der Waals surface area contributed by atoms with Crippen LogP contribution >= 0.6 is 0 Å². The number of hydrogen-bond acceptors (Lipinski definition) is 10. The average molecular weight is 671 g/mol. The maximum atomic E-state index is 10.6. The predicted molar refractivity (Wildman–Crippen MR) is 195 cm³/mol. The molecule has 0 aromatic heterocycles. The third-order valence-electron chi connectivity index (χ3n) is 9.18. The Morgan fingerprint density at radius 3 is 2.44 bits per heavy atom. The number of phenolic OH excluding ortho intramolecular Hbond substituents is 2. The van der Waals surface area contributed by atoms with Gasteiger partial charge in [-0.25, -0.2) is 0 Å². The summed E-state index contributed by atoms with van der Waals surface area (Å²) in [7, 11) is 3.90. The van der Waals surface area contributed by atoms with E-state index in [1.165, 1.54) is 24.8 Å². The summed E-state index contributed by atoms with van der Waals surface area (Å²) < 4.78 is 10.9. The Kier molecular flexibility index (Phi) is 20.5. The first kappa shape index (κ1) is 41.0. The third kappa shape index (κ3) is 14.5. The molecule has 3 rings (SSSR count). The lowest BCUT2D eigenvalue weighted by molar-refractivity contribution is -0.110. The fraction of sp³-hybridized carbons (Fsp3) is 0.632. The van der Waals surface area contributed by atoms with Gasteiger partial charge < -0.3 is 44.9 Å². The van der Waals surface area contributed by atoms with Crippen LogP contribution in [0.4, 0.5) is 5.69 Å². The van der Waals surface area contributed by atoms with Gasteiger partial charge in [-0.15, -0.1) is 0 Å². The molecule has 1 aliphatic rings. The molecule has 4 N–H and O–H groups in total. The molecule has 0 amide bonds. The van der Waals surface area contributed by atoms with Gasteiger partial charge in [0.1, 0.15) is 35.8 Å². The highest BCUT2D eigenvalue weighted by molar-refractivity contribution is 5.69. The van der Waals surface area contributed by atoms with Gasteiger partial charge in [-0.3, -0.25) is 4.79 Å². The number of piperidine rings is 1. The molecule has 0 saturated carbocycles. The van der Waals surface area contributed by atoms with E-state index in [1.807, 2.05) is 18.2 Å². The molecule has 1 aliphatic heterocycles. The van der Waals surface area contributed by atoms with Crippen LogP contribution in [-0.2, 0) is 27.2 Å². The second-order valence-electron chi connectivity index (χ2n) is 12.6. The Balaban J connectivity index is 0.000000338. The number of unbranched alkanes of at least 4 members (excludes halogenated alkanes) is 1. The van der Waals surface area contributed by atoms with E-state index < -0.39 is 0 Å². The third-order valence-corrected chi connectivity index (χ3v) is 9.18. The van der Waals surface area contributed by atoms with Crippen molar-refractivity contribution in [3.8, 4) is 17.2 Å². The number of anilines is 1. The topological polar surface area (TPSA) is 124 Å². The highest BCUT2D eigenvalue weighted by Crippen LogP contribution is 2.37. The molecule has 1 atom stereocenters. The van der Waals surface area contributed by atoms with Gasteiger partial charge in [0.05, 0.1) is 13.2 Å². The molecule has 48 heavy (non-hydrogen) atoms. The number of carbonyl (C=O) groups excluding carboxylic acids is 2. The van der Waals surface area contributed by atoms with Crippen molar-refractivity contribution in [1.82, 2.24) is 15.1 Å². The van der Waals surface area contributed by atoms with Gasteiger partial charge in [-0.05, 0) is 107 Å². The number of nitrogens with one attached hydrogen (secondary N) is 2.